The summed E-state index contributed by atoms with van der Waals surface area (Å²) in [7, 11) is -3.80. The van der Waals surface area contributed by atoms with Crippen LogP contribution in [-0.2, 0) is 10.0 Å². The number of nitrogens with two attached hydrogens (primary N) is 1. The lowest BCUT2D eigenvalue weighted by Crippen LogP contribution is -2.17. The molecule has 0 saturated heterocycles. The maximum absolute atomic E-state index is 12.6. The van der Waals surface area contributed by atoms with Gasteiger partial charge >= 0.3 is 0 Å². The van der Waals surface area contributed by atoms with E-state index in [9.17, 15) is 8.42 Å². The molecule has 0 radical (unpaired) electrons. The predicted octanol–water partition coefficient (Wildman–Crippen LogP) is 3.65. The van der Waals surface area contributed by atoms with Crippen molar-refractivity contribution in [1.82, 2.24) is 0 Å². The number of hydrogen-bond acceptors (Lipinski definition) is 3. The van der Waals surface area contributed by atoms with Crippen LogP contribution in [0.2, 0.25) is 5.02 Å². The highest BCUT2D eigenvalue weighted by Gasteiger charge is 2.22. The maximum atomic E-state index is 12.6. The third-order valence-corrected chi connectivity index (χ3v) is 5.24. The molecule has 0 bridgehead atoms. The van der Waals surface area contributed by atoms with E-state index in [1.165, 1.54) is 0 Å². The van der Waals surface area contributed by atoms with E-state index >= 15 is 0 Å². The van der Waals surface area contributed by atoms with Gasteiger partial charge in [-0.15, -0.1) is 0 Å². The van der Waals surface area contributed by atoms with Gasteiger partial charge < -0.3 is 5.73 Å². The maximum Gasteiger partial charge on any atom is 0.264 e. The molecule has 0 atom stereocenters. The molecule has 112 valence electrons. The average Bonchev–Trinajstić information content (AvgIpc) is 2.38. The monoisotopic (exact) mass is 324 g/mol. The van der Waals surface area contributed by atoms with Crippen LogP contribution >= 0.6 is 11.6 Å². The van der Waals surface area contributed by atoms with Gasteiger partial charge in [-0.2, -0.15) is 0 Å². The lowest BCUT2D eigenvalue weighted by atomic mass is 10.1. The Morgan fingerprint density at radius 3 is 2.43 bits per heavy atom. The summed E-state index contributed by atoms with van der Waals surface area (Å²) in [5.74, 6) is 0. The van der Waals surface area contributed by atoms with E-state index in [1.54, 1.807) is 31.2 Å². The van der Waals surface area contributed by atoms with Crippen molar-refractivity contribution < 1.29 is 8.42 Å². The van der Waals surface area contributed by atoms with Crippen LogP contribution in [-0.4, -0.2) is 8.42 Å². The molecular weight excluding hydrogens is 308 g/mol. The average molecular weight is 325 g/mol. The topological polar surface area (TPSA) is 72.2 Å². The Bertz CT molecular complexity index is 802. The van der Waals surface area contributed by atoms with E-state index in [0.29, 0.717) is 16.3 Å². The summed E-state index contributed by atoms with van der Waals surface area (Å²) >= 11 is 6.04. The minimum absolute atomic E-state index is 0.0973. The standard InChI is InChI=1S/C15H17ClN2O2S/c1-9-4-6-12(16)14(8-9)18-21(19,20)15-11(3)10(2)5-7-13(15)17/h4-8,18H,17H2,1-3H3. The van der Waals surface area contributed by atoms with E-state index in [1.807, 2.05) is 19.9 Å². The molecule has 0 aliphatic carbocycles. The van der Waals surface area contributed by atoms with Crippen LogP contribution in [0.3, 0.4) is 0 Å². The molecule has 0 saturated carbocycles. The molecule has 4 nitrogen and oxygen atoms in total. The lowest BCUT2D eigenvalue weighted by molar-refractivity contribution is 0.601. The van der Waals surface area contributed by atoms with E-state index in [-0.39, 0.29) is 10.6 Å². The molecule has 2 aromatic carbocycles. The normalized spacial score (nSPS) is 11.4. The molecule has 3 N–H and O–H groups in total. The second-order valence-electron chi connectivity index (χ2n) is 5.01. The van der Waals surface area contributed by atoms with Crippen molar-refractivity contribution in [2.75, 3.05) is 10.5 Å². The Hall–Kier alpha value is -1.72. The van der Waals surface area contributed by atoms with Crippen molar-refractivity contribution in [3.63, 3.8) is 0 Å². The van der Waals surface area contributed by atoms with Crippen molar-refractivity contribution in [3.05, 3.63) is 52.0 Å². The fourth-order valence-corrected chi connectivity index (χ4v) is 3.80. The highest BCUT2D eigenvalue weighted by atomic mass is 35.5. The number of benzene rings is 2. The molecule has 6 heteroatoms. The Kier molecular flexibility index (Phi) is 4.16. The molecule has 21 heavy (non-hydrogen) atoms. The van der Waals surface area contributed by atoms with Gasteiger partial charge in [-0.3, -0.25) is 4.72 Å². The fourth-order valence-electron chi connectivity index (χ4n) is 2.08. The molecule has 2 aromatic rings. The zero-order valence-electron chi connectivity index (χ0n) is 12.1. The number of nitrogen functional groups attached to an aromatic ring is 1. The van der Waals surface area contributed by atoms with E-state index in [4.69, 9.17) is 17.3 Å². The number of anilines is 2. The number of halogens is 1. The molecular formula is C15H17ClN2O2S. The first-order chi connectivity index (χ1) is 9.72. The van der Waals surface area contributed by atoms with E-state index < -0.39 is 10.0 Å². The van der Waals surface area contributed by atoms with Gasteiger partial charge in [-0.05, 0) is 55.7 Å². The highest BCUT2D eigenvalue weighted by molar-refractivity contribution is 7.93. The van der Waals surface area contributed by atoms with Crippen LogP contribution in [0, 0.1) is 20.8 Å². The second kappa shape index (κ2) is 5.58. The van der Waals surface area contributed by atoms with Crippen molar-refractivity contribution in [1.29, 1.82) is 0 Å². The molecule has 0 heterocycles. The third kappa shape index (κ3) is 3.14. The van der Waals surface area contributed by atoms with E-state index in [0.717, 1.165) is 11.1 Å². The Labute approximate surface area is 130 Å². The summed E-state index contributed by atoms with van der Waals surface area (Å²) in [4.78, 5) is 0.0973. The van der Waals surface area contributed by atoms with Gasteiger partial charge in [0.15, 0.2) is 0 Å². The number of aryl methyl sites for hydroxylation is 2. The highest BCUT2D eigenvalue weighted by Crippen LogP contribution is 2.30. The summed E-state index contributed by atoms with van der Waals surface area (Å²) in [6.45, 7) is 5.44. The summed E-state index contributed by atoms with van der Waals surface area (Å²) in [6, 6.07) is 8.53. The van der Waals surface area contributed by atoms with Crippen LogP contribution in [0.25, 0.3) is 0 Å². The molecule has 0 aliphatic rings. The van der Waals surface area contributed by atoms with Crippen LogP contribution < -0.4 is 10.5 Å². The Balaban J connectivity index is 2.54. The first-order valence-corrected chi connectivity index (χ1v) is 8.23. The summed E-state index contributed by atoms with van der Waals surface area (Å²) in [5, 5.41) is 0.341. The van der Waals surface area contributed by atoms with Crippen LogP contribution in [0.15, 0.2) is 35.2 Å². The van der Waals surface area contributed by atoms with Crippen molar-refractivity contribution in [2.45, 2.75) is 25.7 Å². The number of hydrogen-bond donors (Lipinski definition) is 2. The third-order valence-electron chi connectivity index (χ3n) is 3.34. The molecule has 0 aliphatic heterocycles. The fraction of sp³-hybridized carbons (Fsp3) is 0.200. The number of nitrogens with one attached hydrogen (secondary N) is 1. The van der Waals surface area contributed by atoms with E-state index in [2.05, 4.69) is 4.72 Å². The van der Waals surface area contributed by atoms with Crippen molar-refractivity contribution in [3.8, 4) is 0 Å². The van der Waals surface area contributed by atoms with Gasteiger partial charge in [-0.25, -0.2) is 8.42 Å². The molecule has 0 unspecified atom stereocenters. The van der Waals surface area contributed by atoms with Gasteiger partial charge in [0, 0.05) is 0 Å². The quantitative estimate of drug-likeness (QED) is 0.846. The Morgan fingerprint density at radius 2 is 1.76 bits per heavy atom. The zero-order chi connectivity index (χ0) is 15.8. The van der Waals surface area contributed by atoms with Gasteiger partial charge in [0.25, 0.3) is 10.0 Å². The largest absolute Gasteiger partial charge is 0.398 e. The molecule has 0 spiro atoms. The zero-order valence-corrected chi connectivity index (χ0v) is 13.6. The number of rotatable bonds is 3. The van der Waals surface area contributed by atoms with Gasteiger partial charge in [-0.1, -0.05) is 23.7 Å². The lowest BCUT2D eigenvalue weighted by Gasteiger charge is -2.15. The number of sulfonamides is 1. The van der Waals surface area contributed by atoms with Crippen molar-refractivity contribution in [2.24, 2.45) is 0 Å². The van der Waals surface area contributed by atoms with Gasteiger partial charge in [0.2, 0.25) is 0 Å². The first-order valence-electron chi connectivity index (χ1n) is 6.37. The van der Waals surface area contributed by atoms with Crippen molar-refractivity contribution >= 4 is 33.0 Å². The van der Waals surface area contributed by atoms with Gasteiger partial charge in [0.1, 0.15) is 4.90 Å². The first kappa shape index (κ1) is 15.7. The van der Waals surface area contributed by atoms with Crippen LogP contribution in [0.4, 0.5) is 11.4 Å². The summed E-state index contributed by atoms with van der Waals surface area (Å²) in [5.41, 5.74) is 8.81. The van der Waals surface area contributed by atoms with Crippen LogP contribution in [0.1, 0.15) is 16.7 Å². The second-order valence-corrected chi connectivity index (χ2v) is 7.04. The Morgan fingerprint density at radius 1 is 1.10 bits per heavy atom. The predicted molar refractivity (Wildman–Crippen MR) is 87.3 cm³/mol. The molecule has 0 amide bonds. The summed E-state index contributed by atoms with van der Waals surface area (Å²) in [6.07, 6.45) is 0. The van der Waals surface area contributed by atoms with Crippen LogP contribution in [0.5, 0.6) is 0 Å². The minimum atomic E-state index is -3.80. The summed E-state index contributed by atoms with van der Waals surface area (Å²) < 4.78 is 27.7. The van der Waals surface area contributed by atoms with Gasteiger partial charge in [0.05, 0.1) is 16.4 Å². The minimum Gasteiger partial charge on any atom is -0.398 e. The SMILES string of the molecule is Cc1ccc(Cl)c(NS(=O)(=O)c2c(N)ccc(C)c2C)c1. The molecule has 0 fully saturated rings. The smallest absolute Gasteiger partial charge is 0.264 e. The molecule has 0 aromatic heterocycles. The molecule has 2 rings (SSSR count).